The van der Waals surface area contributed by atoms with Crippen LogP contribution in [0.5, 0.6) is 0 Å². The molecule has 0 fully saturated rings. The number of nitriles is 1. The lowest BCUT2D eigenvalue weighted by Gasteiger charge is -2.27. The maximum absolute atomic E-state index is 11.3. The molecule has 0 atom stereocenters. The van der Waals surface area contributed by atoms with Crippen LogP contribution in [0.15, 0.2) is 12.1 Å². The highest BCUT2D eigenvalue weighted by Gasteiger charge is 2.13. The van der Waals surface area contributed by atoms with E-state index in [4.69, 9.17) is 11.0 Å². The summed E-state index contributed by atoms with van der Waals surface area (Å²) < 4.78 is 0. The van der Waals surface area contributed by atoms with Crippen molar-refractivity contribution in [2.45, 2.75) is 40.0 Å². The van der Waals surface area contributed by atoms with E-state index in [2.05, 4.69) is 30.1 Å². The van der Waals surface area contributed by atoms with Crippen LogP contribution in [0, 0.1) is 11.3 Å². The lowest BCUT2D eigenvalue weighted by molar-refractivity contribution is -0.114. The zero-order valence-electron chi connectivity index (χ0n) is 13.1. The lowest BCUT2D eigenvalue weighted by Crippen LogP contribution is -2.26. The number of nitrogens with two attached hydrogens (primary N) is 1. The van der Waals surface area contributed by atoms with Crippen molar-refractivity contribution >= 4 is 23.0 Å². The fraction of sp³-hybridized carbons (Fsp3) is 0.500. The molecule has 0 radical (unpaired) electrons. The Balaban J connectivity index is 3.21. The molecule has 21 heavy (non-hydrogen) atoms. The molecular formula is C16H24N4O. The third kappa shape index (κ3) is 4.67. The number of benzene rings is 1. The Labute approximate surface area is 126 Å². The smallest absolute Gasteiger partial charge is 0.221 e. The van der Waals surface area contributed by atoms with Gasteiger partial charge in [-0.15, -0.1) is 0 Å². The van der Waals surface area contributed by atoms with E-state index in [1.165, 1.54) is 6.92 Å². The second kappa shape index (κ2) is 8.15. The summed E-state index contributed by atoms with van der Waals surface area (Å²) in [5.74, 6) is -0.143. The van der Waals surface area contributed by atoms with Gasteiger partial charge in [-0.3, -0.25) is 4.79 Å². The average Bonchev–Trinajstić information content (AvgIpc) is 2.45. The van der Waals surface area contributed by atoms with Crippen LogP contribution in [-0.4, -0.2) is 19.0 Å². The Morgan fingerprint density at radius 3 is 2.62 bits per heavy atom. The minimum absolute atomic E-state index is 0.143. The predicted octanol–water partition coefficient (Wildman–Crippen LogP) is 2.92. The van der Waals surface area contributed by atoms with Gasteiger partial charge in [0.15, 0.2) is 0 Å². The lowest BCUT2D eigenvalue weighted by atomic mass is 10.1. The molecule has 0 heterocycles. The summed E-state index contributed by atoms with van der Waals surface area (Å²) in [7, 11) is 0. The van der Waals surface area contributed by atoms with E-state index in [1.807, 2.05) is 12.1 Å². The van der Waals surface area contributed by atoms with E-state index in [1.54, 1.807) is 0 Å². The van der Waals surface area contributed by atoms with Crippen molar-refractivity contribution in [3.05, 3.63) is 17.7 Å². The molecule has 0 saturated carbocycles. The average molecular weight is 288 g/mol. The van der Waals surface area contributed by atoms with E-state index < -0.39 is 0 Å². The number of carbonyl (C=O) groups excluding carboxylic acids is 1. The maximum Gasteiger partial charge on any atom is 0.221 e. The molecule has 114 valence electrons. The standard InChI is InChI=1S/C16H24N4O/c1-4-8-20(9-6-7-17)16-11-15(19-12(3)21)14(18)10-13(16)5-2/h10-11H,4-6,8-9,18H2,1-3H3,(H,19,21). The maximum atomic E-state index is 11.3. The molecular weight excluding hydrogens is 264 g/mol. The molecule has 1 amide bonds. The highest BCUT2D eigenvalue weighted by atomic mass is 16.1. The summed E-state index contributed by atoms with van der Waals surface area (Å²) in [6.45, 7) is 7.20. The molecule has 3 N–H and O–H groups in total. The molecule has 0 aliphatic rings. The molecule has 0 unspecified atom stereocenters. The van der Waals surface area contributed by atoms with Crippen LogP contribution in [0.2, 0.25) is 0 Å². The van der Waals surface area contributed by atoms with Crippen molar-refractivity contribution in [1.29, 1.82) is 5.26 Å². The van der Waals surface area contributed by atoms with Crippen molar-refractivity contribution in [2.75, 3.05) is 29.0 Å². The minimum Gasteiger partial charge on any atom is -0.397 e. The number of anilines is 3. The van der Waals surface area contributed by atoms with Gasteiger partial charge < -0.3 is 16.0 Å². The Morgan fingerprint density at radius 1 is 1.38 bits per heavy atom. The van der Waals surface area contributed by atoms with Gasteiger partial charge in [-0.2, -0.15) is 5.26 Å². The van der Waals surface area contributed by atoms with Gasteiger partial charge in [0.2, 0.25) is 5.91 Å². The summed E-state index contributed by atoms with van der Waals surface area (Å²) in [5, 5.41) is 11.6. The van der Waals surface area contributed by atoms with Gasteiger partial charge in [-0.1, -0.05) is 13.8 Å². The van der Waals surface area contributed by atoms with Crippen molar-refractivity contribution in [2.24, 2.45) is 0 Å². The normalized spacial score (nSPS) is 10.0. The number of nitrogens with one attached hydrogen (secondary N) is 1. The van der Waals surface area contributed by atoms with Crippen LogP contribution >= 0.6 is 0 Å². The number of aryl methyl sites for hydroxylation is 1. The molecule has 5 heteroatoms. The Bertz CT molecular complexity index is 534. The summed E-state index contributed by atoms with van der Waals surface area (Å²) in [4.78, 5) is 13.5. The first kappa shape index (κ1) is 16.8. The monoisotopic (exact) mass is 288 g/mol. The Morgan fingerprint density at radius 2 is 2.10 bits per heavy atom. The number of hydrogen-bond donors (Lipinski definition) is 2. The van der Waals surface area contributed by atoms with Crippen molar-refractivity contribution < 1.29 is 4.79 Å². The van der Waals surface area contributed by atoms with Crippen molar-refractivity contribution in [3.8, 4) is 6.07 Å². The fourth-order valence-corrected chi connectivity index (χ4v) is 2.34. The van der Waals surface area contributed by atoms with Gasteiger partial charge in [0.05, 0.1) is 23.9 Å². The zero-order chi connectivity index (χ0) is 15.8. The first-order chi connectivity index (χ1) is 10.0. The summed E-state index contributed by atoms with van der Waals surface area (Å²) in [5.41, 5.74) is 9.39. The third-order valence-corrected chi connectivity index (χ3v) is 3.27. The SMILES string of the molecule is CCCN(CCC#N)c1cc(NC(C)=O)c(N)cc1CC. The molecule has 0 spiro atoms. The van der Waals surface area contributed by atoms with Crippen LogP contribution in [0.1, 0.15) is 39.2 Å². The van der Waals surface area contributed by atoms with Crippen LogP contribution in [0.4, 0.5) is 17.1 Å². The van der Waals surface area contributed by atoms with Gasteiger partial charge in [-0.25, -0.2) is 0 Å². The zero-order valence-corrected chi connectivity index (χ0v) is 13.1. The fourth-order valence-electron chi connectivity index (χ4n) is 2.34. The number of rotatable bonds is 7. The summed E-state index contributed by atoms with van der Waals surface area (Å²) in [6, 6.07) is 6.02. The molecule has 5 nitrogen and oxygen atoms in total. The second-order valence-corrected chi connectivity index (χ2v) is 5.00. The highest BCUT2D eigenvalue weighted by molar-refractivity contribution is 5.93. The van der Waals surface area contributed by atoms with E-state index >= 15 is 0 Å². The molecule has 1 aromatic rings. The molecule has 1 aromatic carbocycles. The van der Waals surface area contributed by atoms with Crippen LogP contribution in [0.3, 0.4) is 0 Å². The first-order valence-corrected chi connectivity index (χ1v) is 7.35. The van der Waals surface area contributed by atoms with Crippen LogP contribution in [-0.2, 0) is 11.2 Å². The van der Waals surface area contributed by atoms with Crippen LogP contribution in [0.25, 0.3) is 0 Å². The first-order valence-electron chi connectivity index (χ1n) is 7.35. The van der Waals surface area contributed by atoms with Crippen molar-refractivity contribution in [3.63, 3.8) is 0 Å². The topological polar surface area (TPSA) is 82.2 Å². The molecule has 0 aromatic heterocycles. The van der Waals surface area contributed by atoms with Gasteiger partial charge >= 0.3 is 0 Å². The highest BCUT2D eigenvalue weighted by Crippen LogP contribution is 2.31. The van der Waals surface area contributed by atoms with Gasteiger partial charge in [0.25, 0.3) is 0 Å². The van der Waals surface area contributed by atoms with E-state index in [0.717, 1.165) is 30.6 Å². The van der Waals surface area contributed by atoms with E-state index in [0.29, 0.717) is 24.3 Å². The van der Waals surface area contributed by atoms with E-state index in [9.17, 15) is 4.79 Å². The number of amides is 1. The number of hydrogen-bond acceptors (Lipinski definition) is 4. The molecule has 0 bridgehead atoms. The van der Waals surface area contributed by atoms with Gasteiger partial charge in [0, 0.05) is 25.7 Å². The van der Waals surface area contributed by atoms with Gasteiger partial charge in [0.1, 0.15) is 0 Å². The minimum atomic E-state index is -0.143. The summed E-state index contributed by atoms with van der Waals surface area (Å²) in [6.07, 6.45) is 2.32. The molecule has 0 aliphatic heterocycles. The van der Waals surface area contributed by atoms with Crippen LogP contribution < -0.4 is 16.0 Å². The number of carbonyl (C=O) groups is 1. The predicted molar refractivity (Wildman–Crippen MR) is 87.3 cm³/mol. The van der Waals surface area contributed by atoms with E-state index in [-0.39, 0.29) is 5.91 Å². The third-order valence-electron chi connectivity index (χ3n) is 3.27. The molecule has 1 rings (SSSR count). The van der Waals surface area contributed by atoms with Gasteiger partial charge in [-0.05, 0) is 30.5 Å². The Hall–Kier alpha value is -2.22. The molecule has 0 aliphatic carbocycles. The summed E-state index contributed by atoms with van der Waals surface area (Å²) >= 11 is 0. The van der Waals surface area contributed by atoms with Crippen molar-refractivity contribution in [1.82, 2.24) is 0 Å². The second-order valence-electron chi connectivity index (χ2n) is 5.00. The molecule has 0 saturated heterocycles. The largest absolute Gasteiger partial charge is 0.397 e. The quantitative estimate of drug-likeness (QED) is 0.756. The number of nitrogens with zero attached hydrogens (tertiary/aromatic N) is 2. The Kier molecular flexibility index (Phi) is 6.54. The number of nitrogen functional groups attached to an aromatic ring is 1.